The van der Waals surface area contributed by atoms with Crippen molar-refractivity contribution < 1.29 is 23.0 Å². The van der Waals surface area contributed by atoms with Gasteiger partial charge in [-0.25, -0.2) is 0 Å². The summed E-state index contributed by atoms with van der Waals surface area (Å²) in [6.45, 7) is 5.81. The van der Waals surface area contributed by atoms with Gasteiger partial charge < -0.3 is 14.7 Å². The summed E-state index contributed by atoms with van der Waals surface area (Å²) in [6.07, 6.45) is -3.06. The second-order valence-electron chi connectivity index (χ2n) is 5.73. The van der Waals surface area contributed by atoms with Crippen molar-refractivity contribution in [2.45, 2.75) is 33.1 Å². The Kier molecular flexibility index (Phi) is 6.91. The summed E-state index contributed by atoms with van der Waals surface area (Å²) in [4.78, 5) is 2.20. The fraction of sp³-hybridized carbons (Fsp3) is 0.400. The number of aliphatic hydroxyl groups excluding tert-OH is 1. The standard InChI is InChI=1S/C18H18F3NO2.C2H6/c19-18(20,21)24-16-4-1-3-14(11-16)15-6-5-13-7-9-22(8-2-10-23)17(13)12-15;1-2/h1,3-6,11-12,23H,2,7-10H2;1-2H3. The molecule has 3 rings (SSSR count). The van der Waals surface area contributed by atoms with E-state index in [4.69, 9.17) is 5.11 Å². The number of halogens is 3. The van der Waals surface area contributed by atoms with Gasteiger partial charge in [-0.05, 0) is 47.7 Å². The third-order valence-corrected chi connectivity index (χ3v) is 4.06. The molecule has 0 saturated heterocycles. The van der Waals surface area contributed by atoms with E-state index < -0.39 is 6.36 Å². The zero-order valence-electron chi connectivity index (χ0n) is 15.0. The van der Waals surface area contributed by atoms with Crippen molar-refractivity contribution in [3.63, 3.8) is 0 Å². The number of aliphatic hydroxyl groups is 1. The maximum Gasteiger partial charge on any atom is 0.573 e. The smallest absolute Gasteiger partial charge is 0.406 e. The molecule has 0 atom stereocenters. The summed E-state index contributed by atoms with van der Waals surface area (Å²) in [6, 6.07) is 11.9. The normalized spacial score (nSPS) is 13.1. The molecule has 6 heteroatoms. The van der Waals surface area contributed by atoms with Gasteiger partial charge in [-0.15, -0.1) is 13.2 Å². The Balaban J connectivity index is 0.00000117. The topological polar surface area (TPSA) is 32.7 Å². The van der Waals surface area contributed by atoms with E-state index in [2.05, 4.69) is 9.64 Å². The first kappa shape index (κ1) is 20.1. The second kappa shape index (κ2) is 8.94. The highest BCUT2D eigenvalue weighted by Crippen LogP contribution is 2.34. The van der Waals surface area contributed by atoms with E-state index in [1.165, 1.54) is 17.7 Å². The number of nitrogens with zero attached hydrogens (tertiary/aromatic N) is 1. The van der Waals surface area contributed by atoms with Crippen molar-refractivity contribution in [2.24, 2.45) is 0 Å². The van der Waals surface area contributed by atoms with E-state index in [1.54, 1.807) is 12.1 Å². The number of anilines is 1. The van der Waals surface area contributed by atoms with Crippen molar-refractivity contribution in [1.29, 1.82) is 0 Å². The Labute approximate surface area is 152 Å². The van der Waals surface area contributed by atoms with E-state index >= 15 is 0 Å². The molecule has 0 saturated carbocycles. The first-order valence-corrected chi connectivity index (χ1v) is 8.81. The van der Waals surface area contributed by atoms with E-state index in [0.717, 1.165) is 30.8 Å². The summed E-state index contributed by atoms with van der Waals surface area (Å²) >= 11 is 0. The monoisotopic (exact) mass is 367 g/mol. The van der Waals surface area contributed by atoms with E-state index in [-0.39, 0.29) is 12.4 Å². The van der Waals surface area contributed by atoms with Gasteiger partial charge in [0.15, 0.2) is 0 Å². The molecule has 1 aliphatic heterocycles. The Bertz CT molecular complexity index is 716. The number of ether oxygens (including phenoxy) is 1. The van der Waals surface area contributed by atoms with Crippen LogP contribution in [0.4, 0.5) is 18.9 Å². The van der Waals surface area contributed by atoms with Crippen molar-refractivity contribution in [1.82, 2.24) is 0 Å². The van der Waals surface area contributed by atoms with Gasteiger partial charge in [0.1, 0.15) is 5.75 Å². The third kappa shape index (κ3) is 5.14. The minimum atomic E-state index is -4.70. The van der Waals surface area contributed by atoms with Crippen molar-refractivity contribution in [3.8, 4) is 16.9 Å². The fourth-order valence-electron chi connectivity index (χ4n) is 2.99. The summed E-state index contributed by atoms with van der Waals surface area (Å²) in [7, 11) is 0. The first-order chi connectivity index (χ1) is 12.5. The predicted octanol–water partition coefficient (Wildman–Crippen LogP) is 5.02. The van der Waals surface area contributed by atoms with Crippen molar-refractivity contribution in [3.05, 3.63) is 48.0 Å². The molecule has 142 valence electrons. The average Bonchev–Trinajstić information content (AvgIpc) is 3.02. The minimum absolute atomic E-state index is 0.141. The summed E-state index contributed by atoms with van der Waals surface area (Å²) in [5.74, 6) is -0.224. The van der Waals surface area contributed by atoms with Crippen LogP contribution in [0, 0.1) is 0 Å². The Hall–Kier alpha value is -2.21. The molecule has 2 aromatic carbocycles. The molecule has 0 fully saturated rings. The molecule has 0 radical (unpaired) electrons. The molecule has 0 unspecified atom stereocenters. The highest BCUT2D eigenvalue weighted by molar-refractivity contribution is 5.73. The molecule has 1 N–H and O–H groups in total. The quantitative estimate of drug-likeness (QED) is 0.805. The second-order valence-corrected chi connectivity index (χ2v) is 5.73. The SMILES string of the molecule is CC.OCCCN1CCc2ccc(-c3cccc(OC(F)(F)F)c3)cc21. The van der Waals surface area contributed by atoms with Crippen LogP contribution in [-0.4, -0.2) is 31.2 Å². The molecule has 0 aromatic heterocycles. The number of hydrogen-bond acceptors (Lipinski definition) is 3. The number of hydrogen-bond donors (Lipinski definition) is 1. The van der Waals surface area contributed by atoms with Gasteiger partial charge in [0.25, 0.3) is 0 Å². The van der Waals surface area contributed by atoms with Crippen LogP contribution in [0.1, 0.15) is 25.8 Å². The Morgan fingerprint density at radius 3 is 2.50 bits per heavy atom. The maximum atomic E-state index is 12.4. The average molecular weight is 367 g/mol. The highest BCUT2D eigenvalue weighted by Gasteiger charge is 2.31. The van der Waals surface area contributed by atoms with E-state index in [0.29, 0.717) is 12.0 Å². The lowest BCUT2D eigenvalue weighted by Crippen LogP contribution is -2.22. The van der Waals surface area contributed by atoms with Gasteiger partial charge in [-0.2, -0.15) is 0 Å². The van der Waals surface area contributed by atoms with Crippen LogP contribution in [-0.2, 0) is 6.42 Å². The van der Waals surface area contributed by atoms with Crippen LogP contribution in [0.15, 0.2) is 42.5 Å². The molecule has 0 spiro atoms. The third-order valence-electron chi connectivity index (χ3n) is 4.06. The predicted molar refractivity (Wildman–Crippen MR) is 97.5 cm³/mol. The molecule has 0 bridgehead atoms. The molecule has 1 aliphatic rings. The lowest BCUT2D eigenvalue weighted by atomic mass is 10.0. The summed E-state index contributed by atoms with van der Waals surface area (Å²) < 4.78 is 41.1. The Morgan fingerprint density at radius 2 is 1.81 bits per heavy atom. The van der Waals surface area contributed by atoms with E-state index in [1.807, 2.05) is 32.0 Å². The lowest BCUT2D eigenvalue weighted by Gasteiger charge is -2.19. The molecule has 1 heterocycles. The van der Waals surface area contributed by atoms with Crippen LogP contribution in [0.25, 0.3) is 11.1 Å². The summed E-state index contributed by atoms with van der Waals surface area (Å²) in [5.41, 5.74) is 3.83. The minimum Gasteiger partial charge on any atom is -0.406 e. The largest absolute Gasteiger partial charge is 0.573 e. The van der Waals surface area contributed by atoms with Gasteiger partial charge in [-0.3, -0.25) is 0 Å². The first-order valence-electron chi connectivity index (χ1n) is 8.81. The van der Waals surface area contributed by atoms with Crippen LogP contribution < -0.4 is 9.64 Å². The molecule has 2 aromatic rings. The van der Waals surface area contributed by atoms with Gasteiger partial charge in [0.2, 0.25) is 0 Å². The number of benzene rings is 2. The fourth-order valence-corrected chi connectivity index (χ4v) is 2.99. The van der Waals surface area contributed by atoms with Crippen molar-refractivity contribution in [2.75, 3.05) is 24.6 Å². The van der Waals surface area contributed by atoms with Gasteiger partial charge in [0.05, 0.1) is 0 Å². The molecule has 0 aliphatic carbocycles. The Morgan fingerprint density at radius 1 is 1.08 bits per heavy atom. The zero-order chi connectivity index (χ0) is 19.2. The summed E-state index contributed by atoms with van der Waals surface area (Å²) in [5, 5.41) is 9.00. The van der Waals surface area contributed by atoms with Gasteiger partial charge >= 0.3 is 6.36 Å². The number of rotatable bonds is 5. The molecule has 3 nitrogen and oxygen atoms in total. The number of fused-ring (bicyclic) bond motifs is 1. The van der Waals surface area contributed by atoms with Gasteiger partial charge in [0, 0.05) is 25.4 Å². The molecule has 26 heavy (non-hydrogen) atoms. The van der Waals surface area contributed by atoms with Crippen LogP contribution in [0.5, 0.6) is 5.75 Å². The molecular weight excluding hydrogens is 343 g/mol. The maximum absolute atomic E-state index is 12.4. The highest BCUT2D eigenvalue weighted by atomic mass is 19.4. The molecule has 0 amide bonds. The number of alkyl halides is 3. The lowest BCUT2D eigenvalue weighted by molar-refractivity contribution is -0.274. The van der Waals surface area contributed by atoms with Crippen LogP contribution in [0.3, 0.4) is 0 Å². The van der Waals surface area contributed by atoms with Gasteiger partial charge in [-0.1, -0.05) is 38.1 Å². The zero-order valence-corrected chi connectivity index (χ0v) is 15.0. The van der Waals surface area contributed by atoms with Crippen LogP contribution >= 0.6 is 0 Å². The molecular formula is C20H24F3NO2. The van der Waals surface area contributed by atoms with Crippen LogP contribution in [0.2, 0.25) is 0 Å². The van der Waals surface area contributed by atoms with E-state index in [9.17, 15) is 13.2 Å². The van der Waals surface area contributed by atoms with Crippen molar-refractivity contribution >= 4 is 5.69 Å².